The molecule has 0 amide bonds. The van der Waals surface area contributed by atoms with Crippen LogP contribution >= 0.6 is 12.4 Å². The normalized spacial score (nSPS) is 10.5. The number of nitrogens with one attached hydrogen (secondary N) is 1. The van der Waals surface area contributed by atoms with Gasteiger partial charge in [0.2, 0.25) is 0 Å². The highest BCUT2D eigenvalue weighted by Crippen LogP contribution is 2.14. The molecule has 0 heterocycles. The molecular formula is C14H17ClN2O3S. The minimum atomic E-state index is -3.59. The second-order valence-electron chi connectivity index (χ2n) is 4.25. The molecule has 0 aliphatic rings. The highest BCUT2D eigenvalue weighted by atomic mass is 35.5. The number of hydrazine groups is 1. The molecule has 0 bridgehead atoms. The third kappa shape index (κ3) is 5.63. The van der Waals surface area contributed by atoms with Gasteiger partial charge in [0.15, 0.2) is 0 Å². The molecule has 2 rings (SSSR count). The maximum atomic E-state index is 11.8. The van der Waals surface area contributed by atoms with Crippen LogP contribution in [0.25, 0.3) is 0 Å². The molecule has 3 N–H and O–H groups in total. The minimum Gasteiger partial charge on any atom is -0.382 e. The van der Waals surface area contributed by atoms with E-state index < -0.39 is 10.1 Å². The Labute approximate surface area is 130 Å². The average Bonchev–Trinajstić information content (AvgIpc) is 2.46. The van der Waals surface area contributed by atoms with E-state index in [0.29, 0.717) is 12.2 Å². The zero-order valence-corrected chi connectivity index (χ0v) is 12.9. The van der Waals surface area contributed by atoms with E-state index in [1.165, 1.54) is 0 Å². The van der Waals surface area contributed by atoms with Crippen LogP contribution in [0.5, 0.6) is 5.75 Å². The second kappa shape index (κ2) is 7.87. The number of nitrogen functional groups attached to an aromatic ring is 1. The van der Waals surface area contributed by atoms with Crippen molar-refractivity contribution in [3.8, 4) is 5.75 Å². The van der Waals surface area contributed by atoms with Gasteiger partial charge in [-0.3, -0.25) is 5.84 Å². The first-order chi connectivity index (χ1) is 9.59. The van der Waals surface area contributed by atoms with Crippen LogP contribution in [-0.2, 0) is 16.5 Å². The summed E-state index contributed by atoms with van der Waals surface area (Å²) >= 11 is 0. The molecule has 114 valence electrons. The first-order valence-corrected chi connectivity index (χ1v) is 7.69. The maximum absolute atomic E-state index is 11.8. The third-order valence-electron chi connectivity index (χ3n) is 2.73. The van der Waals surface area contributed by atoms with Gasteiger partial charge in [-0.1, -0.05) is 30.3 Å². The predicted molar refractivity (Wildman–Crippen MR) is 86.1 cm³/mol. The van der Waals surface area contributed by atoms with Crippen LogP contribution in [0.4, 0.5) is 5.69 Å². The fraction of sp³-hybridized carbons (Fsp3) is 0.143. The summed E-state index contributed by atoms with van der Waals surface area (Å²) in [5.74, 6) is 5.52. The van der Waals surface area contributed by atoms with Crippen LogP contribution < -0.4 is 15.5 Å². The zero-order valence-electron chi connectivity index (χ0n) is 11.2. The molecule has 0 saturated heterocycles. The van der Waals surface area contributed by atoms with Crippen molar-refractivity contribution in [1.82, 2.24) is 0 Å². The second-order valence-corrected chi connectivity index (χ2v) is 5.94. The molecular weight excluding hydrogens is 312 g/mol. The van der Waals surface area contributed by atoms with Crippen LogP contribution in [0.2, 0.25) is 0 Å². The van der Waals surface area contributed by atoms with Gasteiger partial charge in [0.25, 0.3) is 0 Å². The van der Waals surface area contributed by atoms with E-state index in [1.807, 2.05) is 12.1 Å². The predicted octanol–water partition coefficient (Wildman–Crippen LogP) is 2.35. The van der Waals surface area contributed by atoms with Gasteiger partial charge in [0.05, 0.1) is 5.75 Å². The Morgan fingerprint density at radius 2 is 1.62 bits per heavy atom. The van der Waals surface area contributed by atoms with Gasteiger partial charge >= 0.3 is 10.1 Å². The summed E-state index contributed by atoms with van der Waals surface area (Å²) in [6, 6.07) is 15.7. The molecule has 0 aliphatic heterocycles. The fourth-order valence-corrected chi connectivity index (χ4v) is 2.65. The Kier molecular flexibility index (Phi) is 6.48. The number of halogens is 1. The lowest BCUT2D eigenvalue weighted by Crippen LogP contribution is -2.15. The molecule has 0 aliphatic carbocycles. The van der Waals surface area contributed by atoms with Gasteiger partial charge in [-0.15, -0.1) is 12.4 Å². The number of aryl methyl sites for hydroxylation is 1. The van der Waals surface area contributed by atoms with Gasteiger partial charge in [0.1, 0.15) is 5.75 Å². The number of hydrogen-bond donors (Lipinski definition) is 2. The van der Waals surface area contributed by atoms with Crippen molar-refractivity contribution < 1.29 is 12.6 Å². The smallest absolute Gasteiger partial charge is 0.309 e. The van der Waals surface area contributed by atoms with Crippen LogP contribution in [0.1, 0.15) is 5.56 Å². The van der Waals surface area contributed by atoms with Crippen molar-refractivity contribution in [3.63, 3.8) is 0 Å². The monoisotopic (exact) mass is 328 g/mol. The Balaban J connectivity index is 0.00000220. The van der Waals surface area contributed by atoms with E-state index >= 15 is 0 Å². The van der Waals surface area contributed by atoms with E-state index in [0.717, 1.165) is 11.3 Å². The summed E-state index contributed by atoms with van der Waals surface area (Å²) in [7, 11) is -3.59. The Bertz CT molecular complexity index is 646. The summed E-state index contributed by atoms with van der Waals surface area (Å²) in [5, 5.41) is 0. The molecule has 21 heavy (non-hydrogen) atoms. The van der Waals surface area contributed by atoms with Gasteiger partial charge in [-0.25, -0.2) is 0 Å². The quantitative estimate of drug-likeness (QED) is 0.483. The first kappa shape index (κ1) is 17.3. The van der Waals surface area contributed by atoms with Gasteiger partial charge < -0.3 is 9.61 Å². The topological polar surface area (TPSA) is 81.4 Å². The van der Waals surface area contributed by atoms with Gasteiger partial charge in [0, 0.05) is 5.69 Å². The van der Waals surface area contributed by atoms with Crippen molar-refractivity contribution in [1.29, 1.82) is 0 Å². The maximum Gasteiger partial charge on any atom is 0.309 e. The summed E-state index contributed by atoms with van der Waals surface area (Å²) in [6.45, 7) is 0. The highest BCUT2D eigenvalue weighted by molar-refractivity contribution is 7.87. The highest BCUT2D eigenvalue weighted by Gasteiger charge is 2.12. The van der Waals surface area contributed by atoms with Crippen molar-refractivity contribution in [3.05, 3.63) is 60.2 Å². The Morgan fingerprint density at radius 1 is 1.00 bits per heavy atom. The fourth-order valence-electron chi connectivity index (χ4n) is 1.67. The van der Waals surface area contributed by atoms with Crippen LogP contribution in [0.15, 0.2) is 54.6 Å². The molecule has 2 aromatic carbocycles. The lowest BCUT2D eigenvalue weighted by Gasteiger charge is -2.07. The van der Waals surface area contributed by atoms with Crippen LogP contribution in [0, 0.1) is 0 Å². The molecule has 2 aromatic rings. The van der Waals surface area contributed by atoms with Crippen LogP contribution in [-0.4, -0.2) is 14.2 Å². The number of nitrogens with two attached hydrogens (primary N) is 1. The first-order valence-electron chi connectivity index (χ1n) is 6.12. The largest absolute Gasteiger partial charge is 0.382 e. The summed E-state index contributed by atoms with van der Waals surface area (Å²) in [5.41, 5.74) is 4.20. The number of hydrogen-bond acceptors (Lipinski definition) is 5. The zero-order chi connectivity index (χ0) is 14.4. The summed E-state index contributed by atoms with van der Waals surface area (Å²) < 4.78 is 28.7. The minimum absolute atomic E-state index is 0. The van der Waals surface area contributed by atoms with Crippen LogP contribution in [0.3, 0.4) is 0 Å². The standard InChI is InChI=1S/C14H16N2O3S.ClH/c15-16-13-8-6-12(7-9-13)10-11-20(17,18)19-14-4-2-1-3-5-14;/h1-9,16H,10-11,15H2;1H. The van der Waals surface area contributed by atoms with Crippen molar-refractivity contribution in [2.24, 2.45) is 5.84 Å². The molecule has 0 unspecified atom stereocenters. The van der Waals surface area contributed by atoms with Crippen molar-refractivity contribution in [2.75, 3.05) is 11.2 Å². The molecule has 7 heteroatoms. The number of para-hydroxylation sites is 1. The third-order valence-corrected chi connectivity index (χ3v) is 3.88. The molecule has 0 fully saturated rings. The SMILES string of the molecule is Cl.NNc1ccc(CCS(=O)(=O)Oc2ccccc2)cc1. The average molecular weight is 329 g/mol. The van der Waals surface area contributed by atoms with Gasteiger partial charge in [-0.2, -0.15) is 8.42 Å². The molecule has 0 saturated carbocycles. The molecule has 0 atom stereocenters. The number of anilines is 1. The van der Waals surface area contributed by atoms with E-state index in [9.17, 15) is 8.42 Å². The van der Waals surface area contributed by atoms with Crippen molar-refractivity contribution in [2.45, 2.75) is 6.42 Å². The molecule has 5 nitrogen and oxygen atoms in total. The number of rotatable bonds is 6. The lowest BCUT2D eigenvalue weighted by atomic mass is 10.1. The molecule has 0 spiro atoms. The van der Waals surface area contributed by atoms with E-state index in [1.54, 1.807) is 42.5 Å². The summed E-state index contributed by atoms with van der Waals surface area (Å²) in [4.78, 5) is 0. The van der Waals surface area contributed by atoms with Crippen molar-refractivity contribution >= 4 is 28.2 Å². The number of benzene rings is 2. The van der Waals surface area contributed by atoms with E-state index in [2.05, 4.69) is 5.43 Å². The summed E-state index contributed by atoms with van der Waals surface area (Å²) in [6.07, 6.45) is 0.389. The van der Waals surface area contributed by atoms with Gasteiger partial charge in [-0.05, 0) is 36.2 Å². The molecule has 0 aromatic heterocycles. The lowest BCUT2D eigenvalue weighted by molar-refractivity contribution is 0.485. The van der Waals surface area contributed by atoms with E-state index in [4.69, 9.17) is 10.0 Å². The van der Waals surface area contributed by atoms with E-state index in [-0.39, 0.29) is 18.2 Å². The Morgan fingerprint density at radius 3 is 2.19 bits per heavy atom. The molecule has 0 radical (unpaired) electrons. The Hall–Kier alpha value is -1.76.